The zero-order valence-corrected chi connectivity index (χ0v) is 13.2. The van der Waals surface area contributed by atoms with Gasteiger partial charge in [0.05, 0.1) is 18.4 Å². The van der Waals surface area contributed by atoms with Gasteiger partial charge in [0.15, 0.2) is 4.77 Å². The Hall–Kier alpha value is -1.47. The second kappa shape index (κ2) is 5.88. The van der Waals surface area contributed by atoms with Crippen LogP contribution in [0, 0.1) is 18.6 Å². The lowest BCUT2D eigenvalue weighted by Crippen LogP contribution is -2.23. The predicted octanol–water partition coefficient (Wildman–Crippen LogP) is 2.69. The third-order valence-electron chi connectivity index (χ3n) is 3.15. The molecular weight excluding hydrogens is 296 g/mol. The van der Waals surface area contributed by atoms with E-state index in [0.717, 1.165) is 15.3 Å². The van der Waals surface area contributed by atoms with E-state index in [4.69, 9.17) is 17.0 Å². The van der Waals surface area contributed by atoms with E-state index in [0.29, 0.717) is 16.8 Å². The van der Waals surface area contributed by atoms with E-state index in [1.807, 2.05) is 13.8 Å². The number of rotatable bonds is 4. The van der Waals surface area contributed by atoms with Crippen LogP contribution in [0.4, 0.5) is 0 Å². The lowest BCUT2D eigenvalue weighted by molar-refractivity contribution is -0.143. The number of hydrogen-bond acceptors (Lipinski definition) is 5. The molecule has 20 heavy (non-hydrogen) atoms. The SMILES string of the molecule is CCOC(=O)CCn1c(=S)[nH]c2sc(C)c(C)c2c1=O. The molecule has 0 spiro atoms. The van der Waals surface area contributed by atoms with Gasteiger partial charge in [-0.05, 0) is 38.6 Å². The molecule has 0 bridgehead atoms. The van der Waals surface area contributed by atoms with Gasteiger partial charge in [-0.3, -0.25) is 14.2 Å². The summed E-state index contributed by atoms with van der Waals surface area (Å²) in [7, 11) is 0. The molecule has 1 N–H and O–H groups in total. The molecule has 2 heterocycles. The second-order valence-electron chi connectivity index (χ2n) is 4.43. The number of esters is 1. The molecule has 0 aliphatic heterocycles. The minimum atomic E-state index is -0.327. The van der Waals surface area contributed by atoms with Crippen molar-refractivity contribution < 1.29 is 9.53 Å². The first-order chi connectivity index (χ1) is 9.45. The third-order valence-corrected chi connectivity index (χ3v) is 4.60. The van der Waals surface area contributed by atoms with Crippen molar-refractivity contribution in [3.63, 3.8) is 0 Å². The number of aromatic amines is 1. The van der Waals surface area contributed by atoms with E-state index in [9.17, 15) is 9.59 Å². The summed E-state index contributed by atoms with van der Waals surface area (Å²) in [6, 6.07) is 0. The zero-order chi connectivity index (χ0) is 14.9. The van der Waals surface area contributed by atoms with Gasteiger partial charge in [0.25, 0.3) is 5.56 Å². The van der Waals surface area contributed by atoms with Gasteiger partial charge in [-0.1, -0.05) is 0 Å². The number of fused-ring (bicyclic) bond motifs is 1. The van der Waals surface area contributed by atoms with Gasteiger partial charge in [-0.2, -0.15) is 0 Å². The third kappa shape index (κ3) is 2.69. The molecular formula is C13H16N2O3S2. The highest BCUT2D eigenvalue weighted by Gasteiger charge is 2.13. The number of H-pyrrole nitrogens is 1. The highest BCUT2D eigenvalue weighted by Crippen LogP contribution is 2.25. The topological polar surface area (TPSA) is 64.1 Å². The minimum Gasteiger partial charge on any atom is -0.466 e. The van der Waals surface area contributed by atoms with Gasteiger partial charge < -0.3 is 9.72 Å². The summed E-state index contributed by atoms with van der Waals surface area (Å²) in [6.45, 7) is 6.21. The number of nitrogens with zero attached hydrogens (tertiary/aromatic N) is 1. The predicted molar refractivity (Wildman–Crippen MR) is 82.0 cm³/mol. The van der Waals surface area contributed by atoms with Gasteiger partial charge in [0.2, 0.25) is 0 Å². The zero-order valence-electron chi connectivity index (χ0n) is 11.6. The molecule has 2 aromatic heterocycles. The molecule has 0 aliphatic carbocycles. The maximum atomic E-state index is 12.5. The van der Waals surface area contributed by atoms with Crippen molar-refractivity contribution in [1.82, 2.24) is 9.55 Å². The van der Waals surface area contributed by atoms with Crippen LogP contribution in [0.3, 0.4) is 0 Å². The average molecular weight is 312 g/mol. The van der Waals surface area contributed by atoms with Gasteiger partial charge in [-0.15, -0.1) is 11.3 Å². The maximum Gasteiger partial charge on any atom is 0.307 e. The van der Waals surface area contributed by atoms with Crippen LogP contribution in [0.5, 0.6) is 0 Å². The van der Waals surface area contributed by atoms with Gasteiger partial charge in [0.1, 0.15) is 4.83 Å². The number of hydrogen-bond donors (Lipinski definition) is 1. The Kier molecular flexibility index (Phi) is 4.39. The molecule has 5 nitrogen and oxygen atoms in total. The Morgan fingerprint density at radius 3 is 2.80 bits per heavy atom. The summed E-state index contributed by atoms with van der Waals surface area (Å²) >= 11 is 6.72. The van der Waals surface area contributed by atoms with Gasteiger partial charge in [0, 0.05) is 11.4 Å². The minimum absolute atomic E-state index is 0.138. The van der Waals surface area contributed by atoms with E-state index in [-0.39, 0.29) is 24.5 Å². The molecule has 0 aliphatic rings. The normalized spacial score (nSPS) is 10.9. The lowest BCUT2D eigenvalue weighted by Gasteiger charge is -2.06. The largest absolute Gasteiger partial charge is 0.466 e. The Morgan fingerprint density at radius 1 is 1.45 bits per heavy atom. The fraction of sp³-hybridized carbons (Fsp3) is 0.462. The number of aryl methyl sites for hydroxylation is 2. The monoisotopic (exact) mass is 312 g/mol. The molecule has 108 valence electrons. The van der Waals surface area contributed by atoms with Crippen molar-refractivity contribution in [3.05, 3.63) is 25.6 Å². The van der Waals surface area contributed by atoms with Crippen LogP contribution in [0.2, 0.25) is 0 Å². The Morgan fingerprint density at radius 2 is 2.15 bits per heavy atom. The molecule has 0 saturated carbocycles. The summed E-state index contributed by atoms with van der Waals surface area (Å²) in [6.07, 6.45) is 0.138. The smallest absolute Gasteiger partial charge is 0.307 e. The molecule has 0 amide bonds. The molecule has 0 saturated heterocycles. The van der Waals surface area contributed by atoms with Crippen LogP contribution >= 0.6 is 23.6 Å². The number of aromatic nitrogens is 2. The van der Waals surface area contributed by atoms with E-state index in [1.165, 1.54) is 15.9 Å². The van der Waals surface area contributed by atoms with Gasteiger partial charge in [-0.25, -0.2) is 0 Å². The second-order valence-corrected chi connectivity index (χ2v) is 6.04. The summed E-state index contributed by atoms with van der Waals surface area (Å²) < 4.78 is 6.63. The van der Waals surface area contributed by atoms with E-state index in [1.54, 1.807) is 6.92 Å². The summed E-state index contributed by atoms with van der Waals surface area (Å²) in [5.74, 6) is -0.327. The van der Waals surface area contributed by atoms with Crippen LogP contribution in [0.25, 0.3) is 10.2 Å². The van der Waals surface area contributed by atoms with Crippen molar-refractivity contribution >= 4 is 39.7 Å². The first kappa shape index (κ1) is 14.9. The van der Waals surface area contributed by atoms with Crippen LogP contribution in [0.15, 0.2) is 4.79 Å². The number of carbonyl (C=O) groups is 1. The summed E-state index contributed by atoms with van der Waals surface area (Å²) in [5.41, 5.74) is 0.820. The van der Waals surface area contributed by atoms with Crippen LogP contribution in [-0.2, 0) is 16.1 Å². The standard InChI is InChI=1S/C13H16N2O3S2/c1-4-18-9(16)5-6-15-12(17)10-7(2)8(3)20-11(10)14-13(15)19/h4-6H2,1-3H3,(H,14,19). The molecule has 0 atom stereocenters. The quantitative estimate of drug-likeness (QED) is 0.696. The maximum absolute atomic E-state index is 12.5. The molecule has 7 heteroatoms. The average Bonchev–Trinajstić information content (AvgIpc) is 2.65. The lowest BCUT2D eigenvalue weighted by atomic mass is 10.2. The first-order valence-electron chi connectivity index (χ1n) is 6.34. The number of carbonyl (C=O) groups excluding carboxylic acids is 1. The Labute approximate surface area is 125 Å². The summed E-state index contributed by atoms with van der Waals surface area (Å²) in [5, 5.41) is 0.657. The molecule has 0 unspecified atom stereocenters. The van der Waals surface area contributed by atoms with Gasteiger partial charge >= 0.3 is 5.97 Å². The number of nitrogens with one attached hydrogen (secondary N) is 1. The fourth-order valence-electron chi connectivity index (χ4n) is 2.00. The number of ether oxygens (including phenoxy) is 1. The van der Waals surface area contributed by atoms with E-state index >= 15 is 0 Å². The number of thiophene rings is 1. The van der Waals surface area contributed by atoms with Crippen molar-refractivity contribution in [2.24, 2.45) is 0 Å². The van der Waals surface area contributed by atoms with Crippen molar-refractivity contribution in [1.29, 1.82) is 0 Å². The highest BCUT2D eigenvalue weighted by molar-refractivity contribution is 7.71. The Balaban J connectivity index is 2.44. The highest BCUT2D eigenvalue weighted by atomic mass is 32.1. The van der Waals surface area contributed by atoms with E-state index in [2.05, 4.69) is 4.98 Å². The molecule has 0 aromatic carbocycles. The van der Waals surface area contributed by atoms with Crippen LogP contribution in [0.1, 0.15) is 23.8 Å². The van der Waals surface area contributed by atoms with E-state index < -0.39 is 0 Å². The molecule has 0 radical (unpaired) electrons. The van der Waals surface area contributed by atoms with Crippen LogP contribution < -0.4 is 5.56 Å². The first-order valence-corrected chi connectivity index (χ1v) is 7.56. The fourth-order valence-corrected chi connectivity index (χ4v) is 3.40. The molecule has 2 aromatic rings. The molecule has 2 rings (SSSR count). The summed E-state index contributed by atoms with van der Waals surface area (Å²) in [4.78, 5) is 28.8. The van der Waals surface area contributed by atoms with Crippen molar-refractivity contribution in [2.45, 2.75) is 33.7 Å². The molecule has 0 fully saturated rings. The van der Waals surface area contributed by atoms with Crippen molar-refractivity contribution in [2.75, 3.05) is 6.61 Å². The Bertz CT molecular complexity index is 770. The van der Waals surface area contributed by atoms with Crippen molar-refractivity contribution in [3.8, 4) is 0 Å². The van der Waals surface area contributed by atoms with Crippen LogP contribution in [-0.4, -0.2) is 22.1 Å².